The van der Waals surface area contributed by atoms with E-state index in [1.165, 1.54) is 4.90 Å². The van der Waals surface area contributed by atoms with E-state index in [-0.39, 0.29) is 30.3 Å². The maximum absolute atomic E-state index is 12.7. The van der Waals surface area contributed by atoms with E-state index in [1.54, 1.807) is 36.4 Å². The molecule has 2 amide bonds. The van der Waals surface area contributed by atoms with Crippen LogP contribution in [0.25, 0.3) is 10.9 Å². The minimum absolute atomic E-state index is 0.0828. The average Bonchev–Trinajstić information content (AvgIpc) is 2.76. The van der Waals surface area contributed by atoms with Gasteiger partial charge in [-0.2, -0.15) is 0 Å². The lowest BCUT2D eigenvalue weighted by molar-refractivity contribution is -0.134. The van der Waals surface area contributed by atoms with E-state index >= 15 is 0 Å². The number of rotatable bonds is 9. The number of benzene rings is 2. The summed E-state index contributed by atoms with van der Waals surface area (Å²) < 4.78 is 0. The Bertz CT molecular complexity index is 1180. The second kappa shape index (κ2) is 11.1. The second-order valence-electron chi connectivity index (χ2n) is 7.37. The Hall–Kier alpha value is -2.90. The van der Waals surface area contributed by atoms with Crippen LogP contribution in [0.1, 0.15) is 32.0 Å². The zero-order valence-corrected chi connectivity index (χ0v) is 19.2. The molecule has 3 aromatic rings. The number of aromatic amines is 1. The highest BCUT2D eigenvalue weighted by Gasteiger charge is 2.17. The first-order valence-corrected chi connectivity index (χ1v) is 11.1. The fraction of sp³-hybridized carbons (Fsp3) is 0.304. The van der Waals surface area contributed by atoms with Crippen LogP contribution in [0.3, 0.4) is 0 Å². The van der Waals surface area contributed by atoms with Crippen molar-refractivity contribution in [2.45, 2.75) is 32.6 Å². The molecule has 0 fully saturated rings. The molecule has 2 N–H and O–H groups in total. The number of amides is 2. The highest BCUT2D eigenvalue weighted by Crippen LogP contribution is 2.25. The van der Waals surface area contributed by atoms with Gasteiger partial charge in [0.05, 0.1) is 28.2 Å². The third-order valence-corrected chi connectivity index (χ3v) is 5.41. The van der Waals surface area contributed by atoms with Crippen molar-refractivity contribution in [3.8, 4) is 0 Å². The van der Waals surface area contributed by atoms with Crippen LogP contribution in [0, 0.1) is 0 Å². The molecule has 0 unspecified atom stereocenters. The summed E-state index contributed by atoms with van der Waals surface area (Å²) in [5, 5.41) is 4.05. The van der Waals surface area contributed by atoms with Gasteiger partial charge in [0.15, 0.2) is 0 Å². The van der Waals surface area contributed by atoms with Crippen molar-refractivity contribution in [1.82, 2.24) is 14.9 Å². The standard InChI is InChI=1S/C23H24Cl2N4O3/c1-2-12-29(14-21(30)27-19-13-15(24)10-11-17(19)25)22(31)9-5-8-20-26-18-7-4-3-6-16(18)23(32)28-20/h3-4,6-7,10-11,13H,2,5,8-9,12,14H2,1H3,(H,27,30)(H,26,28,32). The van der Waals surface area contributed by atoms with E-state index in [4.69, 9.17) is 23.2 Å². The number of anilines is 1. The molecule has 0 aliphatic carbocycles. The average molecular weight is 475 g/mol. The molecule has 1 aromatic heterocycles. The highest BCUT2D eigenvalue weighted by atomic mass is 35.5. The number of para-hydroxylation sites is 1. The Morgan fingerprint density at radius 3 is 2.72 bits per heavy atom. The summed E-state index contributed by atoms with van der Waals surface area (Å²) in [4.78, 5) is 46.1. The SMILES string of the molecule is CCCN(CC(=O)Nc1cc(Cl)ccc1Cl)C(=O)CCCc1nc2ccccc2c(=O)[nH]1. The molecule has 1 heterocycles. The molecule has 7 nitrogen and oxygen atoms in total. The predicted molar refractivity (Wildman–Crippen MR) is 127 cm³/mol. The fourth-order valence-electron chi connectivity index (χ4n) is 3.34. The molecule has 0 aliphatic heterocycles. The number of hydrogen-bond acceptors (Lipinski definition) is 4. The van der Waals surface area contributed by atoms with Crippen molar-refractivity contribution < 1.29 is 9.59 Å². The summed E-state index contributed by atoms with van der Waals surface area (Å²) in [6.45, 7) is 2.32. The molecule has 168 valence electrons. The summed E-state index contributed by atoms with van der Waals surface area (Å²) >= 11 is 12.0. The first-order valence-electron chi connectivity index (χ1n) is 10.4. The maximum atomic E-state index is 12.7. The number of hydrogen-bond donors (Lipinski definition) is 2. The smallest absolute Gasteiger partial charge is 0.258 e. The quantitative estimate of drug-likeness (QED) is 0.479. The topological polar surface area (TPSA) is 95.2 Å². The van der Waals surface area contributed by atoms with Crippen LogP contribution >= 0.6 is 23.2 Å². The molecule has 0 spiro atoms. The fourth-order valence-corrected chi connectivity index (χ4v) is 3.67. The van der Waals surface area contributed by atoms with Gasteiger partial charge in [0.25, 0.3) is 5.56 Å². The Kier molecular flexibility index (Phi) is 8.25. The molecule has 0 bridgehead atoms. The van der Waals surface area contributed by atoms with Crippen LogP contribution in [-0.2, 0) is 16.0 Å². The van der Waals surface area contributed by atoms with E-state index in [0.29, 0.717) is 51.8 Å². The van der Waals surface area contributed by atoms with Crippen molar-refractivity contribution in [1.29, 1.82) is 0 Å². The van der Waals surface area contributed by atoms with Crippen LogP contribution in [0.2, 0.25) is 10.0 Å². The van der Waals surface area contributed by atoms with E-state index in [1.807, 2.05) is 13.0 Å². The van der Waals surface area contributed by atoms with Crippen molar-refractivity contribution in [2.75, 3.05) is 18.4 Å². The molecular weight excluding hydrogens is 451 g/mol. The van der Waals surface area contributed by atoms with Gasteiger partial charge in [-0.3, -0.25) is 14.4 Å². The monoisotopic (exact) mass is 474 g/mol. The van der Waals surface area contributed by atoms with Crippen LogP contribution < -0.4 is 10.9 Å². The van der Waals surface area contributed by atoms with Crippen LogP contribution in [0.15, 0.2) is 47.3 Å². The molecule has 9 heteroatoms. The van der Waals surface area contributed by atoms with Crippen molar-refractivity contribution in [3.63, 3.8) is 0 Å². The van der Waals surface area contributed by atoms with Crippen molar-refractivity contribution in [2.24, 2.45) is 0 Å². The number of carbonyl (C=O) groups is 2. The van der Waals surface area contributed by atoms with E-state index < -0.39 is 0 Å². The number of halogens is 2. The second-order valence-corrected chi connectivity index (χ2v) is 8.21. The summed E-state index contributed by atoms with van der Waals surface area (Å²) in [6.07, 6.45) is 1.91. The predicted octanol–water partition coefficient (Wildman–Crippen LogP) is 4.43. The van der Waals surface area contributed by atoms with Crippen LogP contribution in [0.5, 0.6) is 0 Å². The lowest BCUT2D eigenvalue weighted by atomic mass is 10.2. The van der Waals surface area contributed by atoms with Gasteiger partial charge in [0.1, 0.15) is 5.82 Å². The van der Waals surface area contributed by atoms with Crippen LogP contribution in [0.4, 0.5) is 5.69 Å². The Morgan fingerprint density at radius 1 is 1.16 bits per heavy atom. The summed E-state index contributed by atoms with van der Waals surface area (Å²) in [5.74, 6) is 0.0516. The van der Waals surface area contributed by atoms with Gasteiger partial charge in [-0.15, -0.1) is 0 Å². The summed E-state index contributed by atoms with van der Waals surface area (Å²) in [6, 6.07) is 11.9. The first kappa shape index (κ1) is 23.8. The molecular formula is C23H24Cl2N4O3. The molecule has 0 aliphatic rings. The zero-order valence-electron chi connectivity index (χ0n) is 17.7. The third kappa shape index (κ3) is 6.31. The van der Waals surface area contributed by atoms with Gasteiger partial charge in [0.2, 0.25) is 11.8 Å². The normalized spacial score (nSPS) is 10.8. The molecule has 0 atom stereocenters. The summed E-state index contributed by atoms with van der Waals surface area (Å²) in [5.41, 5.74) is 0.835. The lowest BCUT2D eigenvalue weighted by Crippen LogP contribution is -2.38. The van der Waals surface area contributed by atoms with E-state index in [9.17, 15) is 14.4 Å². The number of carbonyl (C=O) groups excluding carboxylic acids is 2. The number of nitrogens with one attached hydrogen (secondary N) is 2. The number of aryl methyl sites for hydroxylation is 1. The summed E-state index contributed by atoms with van der Waals surface area (Å²) in [7, 11) is 0. The van der Waals surface area contributed by atoms with Gasteiger partial charge in [0, 0.05) is 24.4 Å². The van der Waals surface area contributed by atoms with Crippen molar-refractivity contribution >= 4 is 51.6 Å². The molecule has 0 radical (unpaired) electrons. The molecule has 0 saturated heterocycles. The van der Waals surface area contributed by atoms with Gasteiger partial charge in [-0.25, -0.2) is 4.98 Å². The number of aromatic nitrogens is 2. The molecule has 32 heavy (non-hydrogen) atoms. The number of H-pyrrole nitrogens is 1. The van der Waals surface area contributed by atoms with Crippen molar-refractivity contribution in [3.05, 3.63) is 68.7 Å². The minimum atomic E-state index is -0.350. The lowest BCUT2D eigenvalue weighted by Gasteiger charge is -2.22. The maximum Gasteiger partial charge on any atom is 0.258 e. The molecule has 2 aromatic carbocycles. The largest absolute Gasteiger partial charge is 0.333 e. The zero-order chi connectivity index (χ0) is 23.1. The highest BCUT2D eigenvalue weighted by molar-refractivity contribution is 6.35. The van der Waals surface area contributed by atoms with Crippen LogP contribution in [-0.4, -0.2) is 39.8 Å². The third-order valence-electron chi connectivity index (χ3n) is 4.85. The minimum Gasteiger partial charge on any atom is -0.333 e. The van der Waals surface area contributed by atoms with Gasteiger partial charge >= 0.3 is 0 Å². The van der Waals surface area contributed by atoms with Gasteiger partial charge in [-0.1, -0.05) is 42.3 Å². The molecule has 0 saturated carbocycles. The first-order chi connectivity index (χ1) is 15.4. The Morgan fingerprint density at radius 2 is 1.94 bits per heavy atom. The molecule has 3 rings (SSSR count). The Labute approximate surface area is 195 Å². The van der Waals surface area contributed by atoms with E-state index in [0.717, 1.165) is 6.42 Å². The Balaban J connectivity index is 1.57. The number of nitrogens with zero attached hydrogens (tertiary/aromatic N) is 2. The van der Waals surface area contributed by atoms with Gasteiger partial charge in [-0.05, 0) is 43.2 Å². The number of fused-ring (bicyclic) bond motifs is 1. The van der Waals surface area contributed by atoms with E-state index in [2.05, 4.69) is 15.3 Å². The van der Waals surface area contributed by atoms with Gasteiger partial charge < -0.3 is 15.2 Å².